The third kappa shape index (κ3) is 60.1. The van der Waals surface area contributed by atoms with E-state index in [0.29, 0.717) is 0 Å². The minimum absolute atomic E-state index is 0. The molecule has 5 N–H and O–H groups in total. The molecule has 127 heavy (non-hydrogen) atoms. The van der Waals surface area contributed by atoms with Crippen molar-refractivity contribution in [3.05, 3.63) is 0 Å². The lowest BCUT2D eigenvalue weighted by molar-refractivity contribution is -0.158. The Bertz CT molecular complexity index is 2660. The zero-order valence-corrected chi connectivity index (χ0v) is 73.9. The molecule has 0 aliphatic heterocycles. The molecule has 0 saturated carbocycles. The lowest BCUT2D eigenvalue weighted by Crippen LogP contribution is -2.86. The van der Waals surface area contributed by atoms with Crippen LogP contribution in [0.5, 0.6) is 0 Å². The van der Waals surface area contributed by atoms with Crippen molar-refractivity contribution in [2.24, 2.45) is 5.73 Å². The molecule has 2 amide bonds. The molecule has 0 unspecified atom stereocenters. The highest BCUT2D eigenvalue weighted by Crippen LogP contribution is 2.17. The van der Waals surface area contributed by atoms with E-state index in [1.807, 2.05) is 12.4 Å². The molecule has 0 heterocycles. The molecule has 0 saturated heterocycles. The molecule has 0 aromatic carbocycles. The van der Waals surface area contributed by atoms with Gasteiger partial charge < -0.3 is 45.2 Å². The Morgan fingerprint density at radius 2 is 0.535 bits per heavy atom. The standard InChI is InChI=1S/C10H17NO5.C6H9NO5.C6H13NO2.C4H5ClO3.B27H6.B27H3.B27.ClH/c1-5-15-9(14)8(13)11-6-7(12)16-10(2,3)4;1-2-12-6(11)5(10)7-3-4(8)9;1-6(2,3)9-5(8)4-7;1-2-8-4(7)3(5)6;3*1-15-22(14)26(23(16(2)3)17(4)5)27(24(18(6)7)19(8)9)25(20(10)11)21(12)13;/h5-6H2,1-4H3,(H,11,13);2-3H2,1H3,(H,7,10)(H,8,9);4,7H2,1-3H3;2H2,1H3;1-2H3;1H3;;1H/q;;;;-2;-1;;. The van der Waals surface area contributed by atoms with Crippen LogP contribution in [0.1, 0.15) is 62.3 Å². The van der Waals surface area contributed by atoms with Crippen LogP contribution in [0.2, 0.25) is 0 Å². The van der Waals surface area contributed by atoms with E-state index in [2.05, 4.69) is 26.6 Å². The van der Waals surface area contributed by atoms with Crippen LogP contribution in [0.4, 0.5) is 0 Å². The van der Waals surface area contributed by atoms with Crippen molar-refractivity contribution >= 4 is 653 Å². The Hall–Kier alpha value is 1.23. The first-order valence-electron chi connectivity index (χ1n) is 38.1. The molecular formula is C26H54B81Cl2N3O15-3. The summed E-state index contributed by atoms with van der Waals surface area (Å²) in [7, 11) is 240. The molecule has 0 atom stereocenters. The first kappa shape index (κ1) is 144. The molecule has 0 aliphatic rings. The van der Waals surface area contributed by atoms with E-state index in [-0.39, 0.29) is 100 Å². The monoisotopic (exact) mass is 1610 g/mol. The van der Waals surface area contributed by atoms with Gasteiger partial charge in [-0.25, -0.2) is 14.4 Å². The van der Waals surface area contributed by atoms with Gasteiger partial charge in [0.2, 0.25) is 0 Å². The summed E-state index contributed by atoms with van der Waals surface area (Å²) in [4.78, 5) is 94.4. The number of carbonyl (C=O) groups excluding carboxylic acids is 8. The van der Waals surface area contributed by atoms with Crippen molar-refractivity contribution in [3.8, 4) is 0 Å². The number of esters is 5. The van der Waals surface area contributed by atoms with Gasteiger partial charge in [-0.2, -0.15) is 14.1 Å². The Kier molecular flexibility index (Phi) is 85.0. The fourth-order valence-electron chi connectivity index (χ4n) is 13.2. The summed E-state index contributed by atoms with van der Waals surface area (Å²) in [6.07, 6.45) is -26.8. The maximum Gasteiger partial charge on any atom is 0.396 e. The third-order valence-corrected chi connectivity index (χ3v) is 18.0. The Morgan fingerprint density at radius 3 is 0.693 bits per heavy atom. The number of hydrogen-bond acceptors (Lipinski definition) is 15. The fourth-order valence-corrected chi connectivity index (χ4v) is 13.3. The molecule has 0 aromatic rings. The maximum absolute atomic E-state index is 11.2. The summed E-state index contributed by atoms with van der Waals surface area (Å²) >= 11 is 4.69. The number of halogens is 2. The number of carboxylic acid groups (broad SMARTS) is 1. The van der Waals surface area contributed by atoms with E-state index in [0.717, 1.165) is 0 Å². The van der Waals surface area contributed by atoms with Gasteiger partial charge in [0.15, 0.2) is 0 Å². The molecule has 0 aromatic heterocycles. The van der Waals surface area contributed by atoms with Crippen LogP contribution in [0.3, 0.4) is 0 Å². The SMILES string of the molecule is CC(C)(C)OC(=O)CN.CCOC(=O)C(=O)Cl.CCOC(=O)C(=O)NCC(=O)O.CCOC(=O)C(=O)NCC(=O)OC(C)(C)C.Cl.[B]B([B])B(B([B])[B])B(B(B([B])[B])B([B])[B])B(B([B])[B][BH3-])B(B([B])[B])B([B])[BH3-].[B]B([B])B(B([B])[B])B(B([B])[B][BH3-])B(B(B([B])[B])B([B])[B])B(B([B])[B])B([B])[B].[B][B]B([B])B(B(B([B])[B])B([B])[B])B(B(B([B])[B])B([B])[B])B(B([B])[B])B([B])[B]. The number of hydrogen-bond donors (Lipinski definition) is 4. The molecule has 18 nitrogen and oxygen atoms in total. The zero-order chi connectivity index (χ0) is 101. The van der Waals surface area contributed by atoms with Crippen LogP contribution >= 0.6 is 24.0 Å². The lowest BCUT2D eigenvalue weighted by atomic mass is 8.33. The average molecular weight is 1600 g/mol. The summed E-state index contributed by atoms with van der Waals surface area (Å²) in [5, 5.41) is 11.0. The number of nitrogens with two attached hydrogens (primary N) is 1. The van der Waals surface area contributed by atoms with Crippen molar-refractivity contribution < 1.29 is 71.9 Å². The van der Waals surface area contributed by atoms with Crippen LogP contribution in [0.15, 0.2) is 0 Å². The molecule has 0 spiro atoms. The van der Waals surface area contributed by atoms with Crippen LogP contribution in [-0.2, 0) is 66.8 Å². The summed E-state index contributed by atoms with van der Waals surface area (Å²) in [6, 6.07) is 0. The van der Waals surface area contributed by atoms with Crippen molar-refractivity contribution in [2.45, 2.75) is 73.5 Å². The molecule has 0 aliphatic carbocycles. The molecule has 101 heteroatoms. The van der Waals surface area contributed by atoms with Crippen LogP contribution in [0, 0.1) is 0 Å². The van der Waals surface area contributed by atoms with Gasteiger partial charge in [0.1, 0.15) is 24.3 Å². The van der Waals surface area contributed by atoms with Gasteiger partial charge in [-0.3, -0.25) is 28.8 Å². The second kappa shape index (κ2) is 75.2. The van der Waals surface area contributed by atoms with Crippen LogP contribution in [0.25, 0.3) is 0 Å². The highest BCUT2D eigenvalue weighted by Gasteiger charge is 2.54. The number of aliphatic carboxylic acids is 1. The predicted octanol–water partition coefficient (Wildman–Crippen LogP) is -33.5. The maximum atomic E-state index is 11.2. The average Bonchev–Trinajstić information content (AvgIpc) is 0.786. The van der Waals surface area contributed by atoms with Gasteiger partial charge in [0.25, 0.3) is 0 Å². The van der Waals surface area contributed by atoms with E-state index in [1.54, 1.807) is 62.3 Å². The Labute approximate surface area is 846 Å². The summed E-state index contributed by atoms with van der Waals surface area (Å²) < 4.78 is 22.7. The normalized spacial score (nSPS) is 9.43. The van der Waals surface area contributed by atoms with Gasteiger partial charge in [-0.1, -0.05) is 23.2 Å². The number of carboxylic acids is 1. The minimum Gasteiger partial charge on any atom is -0.480 e. The van der Waals surface area contributed by atoms with Crippen molar-refractivity contribution in [1.82, 2.24) is 10.6 Å². The van der Waals surface area contributed by atoms with Gasteiger partial charge in [0.05, 0.1) is 26.4 Å². The van der Waals surface area contributed by atoms with Gasteiger partial charge in [-0.15, -0.1) is 18.8 Å². The minimum atomic E-state index is -1.22. The summed E-state index contributed by atoms with van der Waals surface area (Å²) in [5.41, 5.74) is 3.98. The van der Waals surface area contributed by atoms with Crippen molar-refractivity contribution in [1.29, 1.82) is 0 Å². The van der Waals surface area contributed by atoms with Gasteiger partial charge >= 0.3 is 52.9 Å². The van der Waals surface area contributed by atoms with E-state index in [1.165, 1.54) is 7.06 Å². The summed E-state index contributed by atoms with van der Waals surface area (Å²) in [5.74, 6) is -7.24. The highest BCUT2D eigenvalue weighted by molar-refractivity contribution is 8.29. The van der Waals surface area contributed by atoms with Crippen LogP contribution < -0.4 is 16.4 Å². The third-order valence-electron chi connectivity index (χ3n) is 17.8. The Balaban J connectivity index is -0.000000226. The quantitative estimate of drug-likeness (QED) is 0.0145. The number of ether oxygens (including phenoxy) is 5. The number of rotatable bonds is 45. The molecular weight excluding hydrogens is 1540 g/mol. The van der Waals surface area contributed by atoms with Crippen molar-refractivity contribution in [3.63, 3.8) is 0 Å². The van der Waals surface area contributed by atoms with E-state index < -0.39 is 269 Å². The Morgan fingerprint density at radius 1 is 0.339 bits per heavy atom. The second-order valence-electron chi connectivity index (χ2n) is 30.2. The number of carbonyl (C=O) groups is 9. The fraction of sp³-hybridized carbons (Fsp3) is 0.654. The van der Waals surface area contributed by atoms with Crippen molar-refractivity contribution in [2.75, 3.05) is 39.5 Å². The lowest BCUT2D eigenvalue weighted by Gasteiger charge is -2.49. The molecule has 81 radical (unpaired) electrons. The summed E-state index contributed by atoms with van der Waals surface area (Å²) in [6.45, 7) is 14.6. The number of nitrogens with one attached hydrogen (secondary N) is 2. The molecule has 0 fully saturated rings. The van der Waals surface area contributed by atoms with E-state index >= 15 is 0 Å². The smallest absolute Gasteiger partial charge is 0.396 e. The van der Waals surface area contributed by atoms with Crippen LogP contribution in [-0.4, -0.2) is 685 Å². The zero-order valence-electron chi connectivity index (χ0n) is 72.3. The second-order valence-corrected chi connectivity index (χ2v) is 30.5. The van der Waals surface area contributed by atoms with Gasteiger partial charge in [0, 0.05) is 192 Å². The van der Waals surface area contributed by atoms with Gasteiger partial charge in [-0.05, 0) is 414 Å². The highest BCUT2D eigenvalue weighted by atomic mass is 35.5. The largest absolute Gasteiger partial charge is 0.480 e. The number of amides is 2. The first-order valence-corrected chi connectivity index (χ1v) is 38.5. The molecule has 523 valence electrons. The van der Waals surface area contributed by atoms with E-state index in [4.69, 9.17) is 334 Å². The first-order chi connectivity index (χ1) is 57.3. The van der Waals surface area contributed by atoms with E-state index in [9.17, 15) is 43.2 Å². The topological polar surface area (TPSA) is 270 Å². The molecule has 0 bridgehead atoms. The molecule has 0 rings (SSSR count). The predicted molar refractivity (Wildman–Crippen MR) is 641 cm³/mol.